The number of nitrogens with zero attached hydrogens (tertiary/aromatic N) is 1. The van der Waals surface area contributed by atoms with Crippen molar-refractivity contribution in [3.63, 3.8) is 0 Å². The van der Waals surface area contributed by atoms with E-state index in [9.17, 15) is 4.79 Å². The first-order valence-corrected chi connectivity index (χ1v) is 8.78. The van der Waals surface area contributed by atoms with Gasteiger partial charge in [0, 0.05) is 25.3 Å². The van der Waals surface area contributed by atoms with Gasteiger partial charge in [-0.05, 0) is 56.0 Å². The molecular formula is C21H26N2O2. The summed E-state index contributed by atoms with van der Waals surface area (Å²) in [6.45, 7) is 7.81. The first kappa shape index (κ1) is 17.3. The molecule has 3 rings (SSSR count). The van der Waals surface area contributed by atoms with Crippen LogP contribution in [0.15, 0.2) is 48.5 Å². The zero-order chi connectivity index (χ0) is 17.9. The van der Waals surface area contributed by atoms with Gasteiger partial charge in [0.2, 0.25) is 0 Å². The van der Waals surface area contributed by atoms with Crippen molar-refractivity contribution in [3.05, 3.63) is 65.2 Å². The van der Waals surface area contributed by atoms with Crippen molar-refractivity contribution in [1.29, 1.82) is 0 Å². The van der Waals surface area contributed by atoms with Crippen LogP contribution in [0.2, 0.25) is 0 Å². The van der Waals surface area contributed by atoms with E-state index < -0.39 is 5.60 Å². The highest BCUT2D eigenvalue weighted by molar-refractivity contribution is 5.69. The average molecular weight is 338 g/mol. The lowest BCUT2D eigenvalue weighted by atomic mass is 9.99. The third kappa shape index (κ3) is 4.75. The van der Waals surface area contributed by atoms with Crippen LogP contribution in [0.3, 0.4) is 0 Å². The van der Waals surface area contributed by atoms with E-state index in [0.717, 1.165) is 18.7 Å². The van der Waals surface area contributed by atoms with Crippen molar-refractivity contribution >= 4 is 11.8 Å². The Labute approximate surface area is 149 Å². The number of nitrogens with one attached hydrogen (secondary N) is 1. The van der Waals surface area contributed by atoms with Crippen LogP contribution in [0.5, 0.6) is 0 Å². The quantitative estimate of drug-likeness (QED) is 0.890. The molecule has 1 N–H and O–H groups in total. The predicted octanol–water partition coefficient (Wildman–Crippen LogP) is 4.59. The topological polar surface area (TPSA) is 41.6 Å². The van der Waals surface area contributed by atoms with Gasteiger partial charge in [-0.1, -0.05) is 36.4 Å². The maximum absolute atomic E-state index is 12.2. The third-order valence-electron chi connectivity index (χ3n) is 4.21. The Kier molecular flexibility index (Phi) is 4.98. The number of fused-ring (bicyclic) bond motifs is 1. The summed E-state index contributed by atoms with van der Waals surface area (Å²) in [5.74, 6) is 0. The molecule has 0 saturated carbocycles. The number of rotatable bonds is 3. The van der Waals surface area contributed by atoms with Crippen molar-refractivity contribution in [3.8, 4) is 0 Å². The maximum Gasteiger partial charge on any atom is 0.410 e. The molecule has 1 heterocycles. The van der Waals surface area contributed by atoms with Gasteiger partial charge < -0.3 is 15.0 Å². The van der Waals surface area contributed by atoms with Gasteiger partial charge in [0.05, 0.1) is 0 Å². The molecule has 0 atom stereocenters. The second-order valence-corrected chi connectivity index (χ2v) is 7.47. The molecule has 0 spiro atoms. The zero-order valence-corrected chi connectivity index (χ0v) is 15.2. The number of amides is 1. The van der Waals surface area contributed by atoms with Gasteiger partial charge in [-0.25, -0.2) is 4.79 Å². The van der Waals surface area contributed by atoms with Gasteiger partial charge in [0.1, 0.15) is 5.60 Å². The normalized spacial score (nSPS) is 14.0. The average Bonchev–Trinajstić information content (AvgIpc) is 2.59. The van der Waals surface area contributed by atoms with E-state index in [1.807, 2.05) is 26.8 Å². The largest absolute Gasteiger partial charge is 0.444 e. The van der Waals surface area contributed by atoms with E-state index in [2.05, 4.69) is 47.8 Å². The molecule has 2 aromatic carbocycles. The number of carbonyl (C=O) groups excluding carboxylic acids is 1. The minimum absolute atomic E-state index is 0.232. The molecule has 0 fully saturated rings. The highest BCUT2D eigenvalue weighted by Crippen LogP contribution is 2.24. The summed E-state index contributed by atoms with van der Waals surface area (Å²) in [7, 11) is 0. The van der Waals surface area contributed by atoms with Gasteiger partial charge in [0.25, 0.3) is 0 Å². The Morgan fingerprint density at radius 3 is 2.60 bits per heavy atom. The fraction of sp³-hybridized carbons (Fsp3) is 0.381. The standard InChI is InChI=1S/C21H26N2O2/c1-21(2,3)25-20(24)23-12-11-17-13-19(10-9-18(17)15-23)22-14-16-7-5-4-6-8-16/h4-10,13,22H,11-12,14-15H2,1-3H3. The SMILES string of the molecule is CC(C)(C)OC(=O)N1CCc2cc(NCc3ccccc3)ccc2C1. The van der Waals surface area contributed by atoms with Crippen LogP contribution in [0.25, 0.3) is 0 Å². The van der Waals surface area contributed by atoms with Crippen LogP contribution < -0.4 is 5.32 Å². The maximum atomic E-state index is 12.2. The number of hydrogen-bond donors (Lipinski definition) is 1. The Morgan fingerprint density at radius 2 is 1.88 bits per heavy atom. The summed E-state index contributed by atoms with van der Waals surface area (Å²) >= 11 is 0. The van der Waals surface area contributed by atoms with Crippen molar-refractivity contribution in [1.82, 2.24) is 4.90 Å². The summed E-state index contributed by atoms with van der Waals surface area (Å²) in [5.41, 5.74) is 4.42. The summed E-state index contributed by atoms with van der Waals surface area (Å²) in [6.07, 6.45) is 0.625. The highest BCUT2D eigenvalue weighted by Gasteiger charge is 2.25. The number of ether oxygens (including phenoxy) is 1. The van der Waals surface area contributed by atoms with Crippen LogP contribution in [0.4, 0.5) is 10.5 Å². The second kappa shape index (κ2) is 7.18. The first-order valence-electron chi connectivity index (χ1n) is 8.78. The molecule has 0 unspecified atom stereocenters. The fourth-order valence-electron chi connectivity index (χ4n) is 2.95. The lowest BCUT2D eigenvalue weighted by molar-refractivity contribution is 0.0224. The molecule has 0 bridgehead atoms. The number of benzene rings is 2. The van der Waals surface area contributed by atoms with Gasteiger partial charge in [0.15, 0.2) is 0 Å². The molecule has 4 heteroatoms. The molecule has 4 nitrogen and oxygen atoms in total. The lowest BCUT2D eigenvalue weighted by Gasteiger charge is -2.31. The Balaban J connectivity index is 1.62. The van der Waals surface area contributed by atoms with Gasteiger partial charge >= 0.3 is 6.09 Å². The molecular weight excluding hydrogens is 312 g/mol. The first-order chi connectivity index (χ1) is 11.9. The van der Waals surface area contributed by atoms with Gasteiger partial charge in [-0.15, -0.1) is 0 Å². The molecule has 132 valence electrons. The van der Waals surface area contributed by atoms with Gasteiger partial charge in [-0.2, -0.15) is 0 Å². The lowest BCUT2D eigenvalue weighted by Crippen LogP contribution is -2.39. The van der Waals surface area contributed by atoms with Crippen molar-refractivity contribution in [2.45, 2.75) is 45.9 Å². The van der Waals surface area contributed by atoms with Gasteiger partial charge in [-0.3, -0.25) is 0 Å². The smallest absolute Gasteiger partial charge is 0.410 e. The molecule has 0 aliphatic carbocycles. The number of hydrogen-bond acceptors (Lipinski definition) is 3. The number of anilines is 1. The molecule has 1 aliphatic heterocycles. The van der Waals surface area contributed by atoms with Crippen LogP contribution >= 0.6 is 0 Å². The Morgan fingerprint density at radius 1 is 1.12 bits per heavy atom. The summed E-state index contributed by atoms with van der Waals surface area (Å²) < 4.78 is 5.48. The molecule has 1 aliphatic rings. The zero-order valence-electron chi connectivity index (χ0n) is 15.2. The van der Waals surface area contributed by atoms with E-state index in [0.29, 0.717) is 13.1 Å². The van der Waals surface area contributed by atoms with Crippen LogP contribution in [0, 0.1) is 0 Å². The molecule has 0 radical (unpaired) electrons. The van der Waals surface area contributed by atoms with Crippen LogP contribution in [-0.4, -0.2) is 23.1 Å². The van der Waals surface area contributed by atoms with Crippen molar-refractivity contribution in [2.75, 3.05) is 11.9 Å². The summed E-state index contributed by atoms with van der Waals surface area (Å²) in [6, 6.07) is 16.8. The minimum Gasteiger partial charge on any atom is -0.444 e. The monoisotopic (exact) mass is 338 g/mol. The molecule has 1 amide bonds. The third-order valence-corrected chi connectivity index (χ3v) is 4.21. The van der Waals surface area contributed by atoms with Crippen molar-refractivity contribution in [2.24, 2.45) is 0 Å². The summed E-state index contributed by atoms with van der Waals surface area (Å²) in [4.78, 5) is 14.0. The number of carbonyl (C=O) groups is 1. The van der Waals surface area contributed by atoms with E-state index in [-0.39, 0.29) is 6.09 Å². The van der Waals surface area contributed by atoms with E-state index in [1.165, 1.54) is 16.7 Å². The molecule has 2 aromatic rings. The highest BCUT2D eigenvalue weighted by atomic mass is 16.6. The Hall–Kier alpha value is -2.49. The fourth-order valence-corrected chi connectivity index (χ4v) is 2.95. The van der Waals surface area contributed by atoms with E-state index in [4.69, 9.17) is 4.74 Å². The molecule has 0 aromatic heterocycles. The summed E-state index contributed by atoms with van der Waals surface area (Å²) in [5, 5.41) is 3.47. The van der Waals surface area contributed by atoms with Crippen LogP contribution in [0.1, 0.15) is 37.5 Å². The Bertz CT molecular complexity index is 735. The van der Waals surface area contributed by atoms with Crippen LogP contribution in [-0.2, 0) is 24.2 Å². The minimum atomic E-state index is -0.456. The van der Waals surface area contributed by atoms with E-state index >= 15 is 0 Å². The molecule has 25 heavy (non-hydrogen) atoms. The second-order valence-electron chi connectivity index (χ2n) is 7.47. The predicted molar refractivity (Wildman–Crippen MR) is 101 cm³/mol. The van der Waals surface area contributed by atoms with Crippen molar-refractivity contribution < 1.29 is 9.53 Å². The molecule has 0 saturated heterocycles. The van der Waals surface area contributed by atoms with E-state index in [1.54, 1.807) is 4.90 Å².